The first-order chi connectivity index (χ1) is 9.78. The maximum Gasteiger partial charge on any atom is 0.127 e. The van der Waals surface area contributed by atoms with Crippen LogP contribution in [0.15, 0.2) is 30.3 Å². The van der Waals surface area contributed by atoms with E-state index in [0.717, 1.165) is 12.1 Å². The van der Waals surface area contributed by atoms with Crippen LogP contribution in [0.1, 0.15) is 12.5 Å². The Morgan fingerprint density at radius 3 is 2.40 bits per heavy atom. The number of aliphatic hydroxyl groups is 1. The molecule has 1 aromatic rings. The van der Waals surface area contributed by atoms with Gasteiger partial charge in [0.2, 0.25) is 0 Å². The van der Waals surface area contributed by atoms with Crippen LogP contribution in [-0.2, 0) is 11.3 Å². The molecule has 1 aliphatic heterocycles. The number of benzene rings is 1. The molecule has 1 aliphatic rings. The van der Waals surface area contributed by atoms with Crippen LogP contribution in [0.2, 0.25) is 0 Å². The van der Waals surface area contributed by atoms with Gasteiger partial charge in [0.1, 0.15) is 38.8 Å². The van der Waals surface area contributed by atoms with Crippen molar-refractivity contribution in [2.45, 2.75) is 19.6 Å². The molecule has 4 nitrogen and oxygen atoms in total. The molecular weight excluding hydrogens is 252 g/mol. The van der Waals surface area contributed by atoms with Crippen molar-refractivity contribution < 1.29 is 19.6 Å². The number of ether oxygens (including phenoxy) is 1. The standard InChI is InChI=1S/C16H26N2O2/c1-2-17-8-10-18(11-9-17)12-16(19)14-20-13-15-6-4-3-5-7-15/h3-7,16,19H,2,8-14H2,1H3/p+2/t16-/m0/s1. The summed E-state index contributed by atoms with van der Waals surface area (Å²) in [7, 11) is 0. The summed E-state index contributed by atoms with van der Waals surface area (Å²) >= 11 is 0. The fourth-order valence-corrected chi connectivity index (χ4v) is 2.79. The van der Waals surface area contributed by atoms with Crippen LogP contribution in [0.25, 0.3) is 0 Å². The lowest BCUT2D eigenvalue weighted by molar-refractivity contribution is -1.01. The molecule has 0 aromatic heterocycles. The molecule has 1 atom stereocenters. The molecule has 1 heterocycles. The van der Waals surface area contributed by atoms with Gasteiger partial charge >= 0.3 is 0 Å². The second-order valence-electron chi connectivity index (χ2n) is 5.71. The number of rotatable bonds is 7. The van der Waals surface area contributed by atoms with E-state index >= 15 is 0 Å². The fraction of sp³-hybridized carbons (Fsp3) is 0.625. The van der Waals surface area contributed by atoms with Gasteiger partial charge in [-0.1, -0.05) is 30.3 Å². The molecule has 20 heavy (non-hydrogen) atoms. The molecule has 0 saturated carbocycles. The SMILES string of the molecule is CC[NH+]1CC[NH+](C[C@H](O)COCc2ccccc2)CC1. The summed E-state index contributed by atoms with van der Waals surface area (Å²) in [6, 6.07) is 10.1. The molecule has 1 saturated heterocycles. The van der Waals surface area contributed by atoms with Crippen molar-refractivity contribution in [2.75, 3.05) is 45.9 Å². The molecule has 2 rings (SSSR count). The molecular formula is C16H28N2O2+2. The molecule has 112 valence electrons. The topological polar surface area (TPSA) is 38.3 Å². The molecule has 0 amide bonds. The van der Waals surface area contributed by atoms with E-state index in [1.54, 1.807) is 4.90 Å². The molecule has 3 N–H and O–H groups in total. The Morgan fingerprint density at radius 1 is 1.10 bits per heavy atom. The number of quaternary nitrogens is 2. The maximum atomic E-state index is 10.0. The Bertz CT molecular complexity index is 364. The van der Waals surface area contributed by atoms with Crippen molar-refractivity contribution in [3.05, 3.63) is 35.9 Å². The summed E-state index contributed by atoms with van der Waals surface area (Å²) in [4.78, 5) is 3.20. The lowest BCUT2D eigenvalue weighted by Crippen LogP contribution is -3.28. The summed E-state index contributed by atoms with van der Waals surface area (Å²) in [5.41, 5.74) is 1.16. The third kappa shape index (κ3) is 5.21. The molecule has 1 aromatic carbocycles. The van der Waals surface area contributed by atoms with E-state index in [1.165, 1.54) is 37.6 Å². The van der Waals surface area contributed by atoms with E-state index in [-0.39, 0.29) is 6.10 Å². The van der Waals surface area contributed by atoms with Gasteiger partial charge in [-0.15, -0.1) is 0 Å². The highest BCUT2D eigenvalue weighted by molar-refractivity contribution is 5.13. The van der Waals surface area contributed by atoms with Gasteiger partial charge in [0.25, 0.3) is 0 Å². The second-order valence-corrected chi connectivity index (χ2v) is 5.71. The first-order valence-electron chi connectivity index (χ1n) is 7.74. The fourth-order valence-electron chi connectivity index (χ4n) is 2.79. The van der Waals surface area contributed by atoms with Crippen molar-refractivity contribution in [3.63, 3.8) is 0 Å². The second kappa shape index (κ2) is 8.37. The smallest absolute Gasteiger partial charge is 0.127 e. The zero-order chi connectivity index (χ0) is 14.2. The zero-order valence-corrected chi connectivity index (χ0v) is 12.5. The predicted octanol–water partition coefficient (Wildman–Crippen LogP) is -1.63. The molecule has 0 spiro atoms. The van der Waals surface area contributed by atoms with Gasteiger partial charge in [-0.05, 0) is 12.5 Å². The van der Waals surface area contributed by atoms with Crippen LogP contribution in [0.3, 0.4) is 0 Å². The third-order valence-corrected chi connectivity index (χ3v) is 4.11. The van der Waals surface area contributed by atoms with Gasteiger partial charge in [-0.25, -0.2) is 0 Å². The van der Waals surface area contributed by atoms with Gasteiger partial charge in [0.05, 0.1) is 19.8 Å². The van der Waals surface area contributed by atoms with Crippen LogP contribution >= 0.6 is 0 Å². The van der Waals surface area contributed by atoms with Crippen molar-refractivity contribution >= 4 is 0 Å². The van der Waals surface area contributed by atoms with Gasteiger partial charge in [0, 0.05) is 0 Å². The molecule has 0 bridgehead atoms. The monoisotopic (exact) mass is 280 g/mol. The number of piperazine rings is 1. The molecule has 4 heteroatoms. The lowest BCUT2D eigenvalue weighted by Gasteiger charge is -2.30. The summed E-state index contributed by atoms with van der Waals surface area (Å²) in [6.45, 7) is 10.1. The molecule has 0 radical (unpaired) electrons. The van der Waals surface area contributed by atoms with Crippen LogP contribution < -0.4 is 9.80 Å². The molecule has 0 unspecified atom stereocenters. The number of hydrogen-bond acceptors (Lipinski definition) is 2. The van der Waals surface area contributed by atoms with Gasteiger partial charge in [0.15, 0.2) is 0 Å². The highest BCUT2D eigenvalue weighted by atomic mass is 16.5. The Morgan fingerprint density at radius 2 is 1.75 bits per heavy atom. The Balaban J connectivity index is 1.60. The average Bonchev–Trinajstić information content (AvgIpc) is 2.49. The van der Waals surface area contributed by atoms with E-state index in [1.807, 2.05) is 30.3 Å². The van der Waals surface area contributed by atoms with E-state index in [9.17, 15) is 5.11 Å². The van der Waals surface area contributed by atoms with E-state index < -0.39 is 0 Å². The van der Waals surface area contributed by atoms with Crippen molar-refractivity contribution in [1.82, 2.24) is 0 Å². The Labute approximate surface area is 122 Å². The number of likely N-dealkylation sites (N-methyl/N-ethyl adjacent to an activating group) is 1. The third-order valence-electron chi connectivity index (χ3n) is 4.11. The van der Waals surface area contributed by atoms with E-state index in [0.29, 0.717) is 13.2 Å². The van der Waals surface area contributed by atoms with Crippen LogP contribution in [0, 0.1) is 0 Å². The van der Waals surface area contributed by atoms with Crippen molar-refractivity contribution in [1.29, 1.82) is 0 Å². The summed E-state index contributed by atoms with van der Waals surface area (Å²) in [5.74, 6) is 0. The normalized spacial score (nSPS) is 24.5. The Hall–Kier alpha value is -0.940. The number of hydrogen-bond donors (Lipinski definition) is 3. The highest BCUT2D eigenvalue weighted by Gasteiger charge is 2.23. The first-order valence-corrected chi connectivity index (χ1v) is 7.74. The van der Waals surface area contributed by atoms with E-state index in [4.69, 9.17) is 4.74 Å². The van der Waals surface area contributed by atoms with Crippen LogP contribution in [-0.4, -0.2) is 57.1 Å². The minimum absolute atomic E-state index is 0.350. The van der Waals surface area contributed by atoms with E-state index in [2.05, 4.69) is 6.92 Å². The first kappa shape index (κ1) is 15.4. The minimum Gasteiger partial charge on any atom is -0.385 e. The Kier molecular flexibility index (Phi) is 6.47. The minimum atomic E-state index is -0.350. The van der Waals surface area contributed by atoms with Crippen LogP contribution in [0.4, 0.5) is 0 Å². The molecule has 0 aliphatic carbocycles. The van der Waals surface area contributed by atoms with Gasteiger partial charge in [-0.3, -0.25) is 0 Å². The van der Waals surface area contributed by atoms with Crippen molar-refractivity contribution in [2.24, 2.45) is 0 Å². The average molecular weight is 280 g/mol. The lowest BCUT2D eigenvalue weighted by atomic mass is 10.2. The summed E-state index contributed by atoms with van der Waals surface area (Å²) in [6.07, 6.45) is -0.350. The number of aliphatic hydroxyl groups excluding tert-OH is 1. The highest BCUT2D eigenvalue weighted by Crippen LogP contribution is 2.00. The van der Waals surface area contributed by atoms with Crippen molar-refractivity contribution in [3.8, 4) is 0 Å². The summed E-state index contributed by atoms with van der Waals surface area (Å²) < 4.78 is 5.60. The number of nitrogens with one attached hydrogen (secondary N) is 2. The van der Waals surface area contributed by atoms with Gasteiger partial charge < -0.3 is 19.6 Å². The largest absolute Gasteiger partial charge is 0.385 e. The molecule has 1 fully saturated rings. The quantitative estimate of drug-likeness (QED) is 0.561. The predicted molar refractivity (Wildman–Crippen MR) is 78.9 cm³/mol. The maximum absolute atomic E-state index is 10.0. The zero-order valence-electron chi connectivity index (χ0n) is 12.5. The summed E-state index contributed by atoms with van der Waals surface area (Å²) in [5, 5.41) is 10.0. The van der Waals surface area contributed by atoms with Crippen LogP contribution in [0.5, 0.6) is 0 Å². The van der Waals surface area contributed by atoms with Gasteiger partial charge in [-0.2, -0.15) is 0 Å².